The molecule has 6 nitrogen and oxygen atoms in total. The van der Waals surface area contributed by atoms with Crippen molar-refractivity contribution < 1.29 is 4.79 Å². The quantitative estimate of drug-likeness (QED) is 0.848. The van der Waals surface area contributed by atoms with Crippen LogP contribution in [0.4, 0.5) is 0 Å². The molecule has 1 amide bonds. The molecule has 1 unspecified atom stereocenters. The minimum atomic E-state index is -0.118. The Bertz CT molecular complexity index is 605. The fraction of sp³-hybridized carbons (Fsp3) is 0.385. The van der Waals surface area contributed by atoms with Crippen molar-refractivity contribution in [3.8, 4) is 10.8 Å². The zero-order valence-electron chi connectivity index (χ0n) is 11.6. The van der Waals surface area contributed by atoms with E-state index in [4.69, 9.17) is 5.73 Å². The van der Waals surface area contributed by atoms with Crippen molar-refractivity contribution in [2.75, 3.05) is 6.54 Å². The number of thiazole rings is 1. The van der Waals surface area contributed by atoms with Gasteiger partial charge in [0.25, 0.3) is 5.91 Å². The van der Waals surface area contributed by atoms with E-state index in [9.17, 15) is 4.79 Å². The number of carbonyl (C=O) groups excluding carboxylic acids is 1. The van der Waals surface area contributed by atoms with Gasteiger partial charge in [0.1, 0.15) is 4.88 Å². The third-order valence-corrected chi connectivity index (χ3v) is 4.24. The Morgan fingerprint density at radius 2 is 2.00 bits per heavy atom. The van der Waals surface area contributed by atoms with E-state index >= 15 is 0 Å². The van der Waals surface area contributed by atoms with Crippen LogP contribution in [0.5, 0.6) is 0 Å². The minimum absolute atomic E-state index is 0. The molecule has 0 aliphatic heterocycles. The van der Waals surface area contributed by atoms with Crippen molar-refractivity contribution in [2.45, 2.75) is 18.9 Å². The average Bonchev–Trinajstić information content (AvgIpc) is 3.21. The predicted octanol–water partition coefficient (Wildman–Crippen LogP) is 1.91. The highest BCUT2D eigenvalue weighted by Crippen LogP contribution is 2.32. The van der Waals surface area contributed by atoms with Gasteiger partial charge in [0.2, 0.25) is 0 Å². The lowest BCUT2D eigenvalue weighted by molar-refractivity contribution is 0.0937. The van der Waals surface area contributed by atoms with Crippen LogP contribution in [0, 0.1) is 5.92 Å². The number of amides is 1. The number of hydrogen-bond donors (Lipinski definition) is 2. The molecule has 0 saturated heterocycles. The minimum Gasteiger partial charge on any atom is -0.347 e. The summed E-state index contributed by atoms with van der Waals surface area (Å²) in [5.41, 5.74) is 5.69. The molecule has 3 rings (SSSR count). The van der Waals surface area contributed by atoms with E-state index in [1.807, 2.05) is 0 Å². The third kappa shape index (κ3) is 4.36. The van der Waals surface area contributed by atoms with Gasteiger partial charge in [-0.15, -0.1) is 36.2 Å². The maximum atomic E-state index is 12.2. The second-order valence-electron chi connectivity index (χ2n) is 4.76. The van der Waals surface area contributed by atoms with Crippen LogP contribution < -0.4 is 11.1 Å². The van der Waals surface area contributed by atoms with Gasteiger partial charge in [-0.1, -0.05) is 0 Å². The van der Waals surface area contributed by atoms with Crippen molar-refractivity contribution in [3.05, 3.63) is 29.5 Å². The number of carbonyl (C=O) groups is 1. The van der Waals surface area contributed by atoms with E-state index in [-0.39, 0.29) is 36.8 Å². The summed E-state index contributed by atoms with van der Waals surface area (Å²) in [6.45, 7) is 0.476. The van der Waals surface area contributed by atoms with Gasteiger partial charge in [0.15, 0.2) is 10.8 Å². The summed E-state index contributed by atoms with van der Waals surface area (Å²) in [6, 6.07) is 1.81. The maximum Gasteiger partial charge on any atom is 0.263 e. The summed E-state index contributed by atoms with van der Waals surface area (Å²) in [4.78, 5) is 25.2. The first-order valence-corrected chi connectivity index (χ1v) is 7.33. The van der Waals surface area contributed by atoms with Gasteiger partial charge in [0, 0.05) is 25.0 Å². The predicted molar refractivity (Wildman–Crippen MR) is 90.7 cm³/mol. The number of rotatable bonds is 5. The number of nitrogens with one attached hydrogen (secondary N) is 1. The van der Waals surface area contributed by atoms with E-state index in [1.54, 1.807) is 24.7 Å². The topological polar surface area (TPSA) is 93.8 Å². The van der Waals surface area contributed by atoms with Crippen LogP contribution >= 0.6 is 36.2 Å². The monoisotopic (exact) mass is 361 g/mol. The van der Waals surface area contributed by atoms with Crippen molar-refractivity contribution in [1.29, 1.82) is 0 Å². The van der Waals surface area contributed by atoms with Crippen molar-refractivity contribution in [2.24, 2.45) is 11.7 Å². The van der Waals surface area contributed by atoms with Gasteiger partial charge in [-0.05, 0) is 24.8 Å². The summed E-state index contributed by atoms with van der Waals surface area (Å²) in [5.74, 6) is 0.954. The lowest BCUT2D eigenvalue weighted by Crippen LogP contribution is -2.41. The smallest absolute Gasteiger partial charge is 0.263 e. The molecule has 1 fully saturated rings. The van der Waals surface area contributed by atoms with Gasteiger partial charge in [-0.25, -0.2) is 15.0 Å². The second-order valence-corrected chi connectivity index (χ2v) is 5.79. The first-order valence-electron chi connectivity index (χ1n) is 6.52. The molecule has 2 aromatic rings. The fourth-order valence-electron chi connectivity index (χ4n) is 2.00. The molecular formula is C13H17Cl2N5OS. The van der Waals surface area contributed by atoms with Gasteiger partial charge < -0.3 is 11.1 Å². The number of aromatic nitrogens is 3. The molecule has 0 bridgehead atoms. The van der Waals surface area contributed by atoms with Gasteiger partial charge in [-0.3, -0.25) is 4.79 Å². The molecule has 1 aliphatic rings. The lowest BCUT2D eigenvalue weighted by Gasteiger charge is -2.14. The molecule has 2 heterocycles. The number of nitrogens with zero attached hydrogens (tertiary/aromatic N) is 3. The Labute approximate surface area is 144 Å². The van der Waals surface area contributed by atoms with Crippen molar-refractivity contribution >= 4 is 42.1 Å². The molecule has 0 aromatic carbocycles. The van der Waals surface area contributed by atoms with E-state index < -0.39 is 0 Å². The molecule has 9 heteroatoms. The van der Waals surface area contributed by atoms with Gasteiger partial charge in [0.05, 0.1) is 6.20 Å². The lowest BCUT2D eigenvalue weighted by atomic mass is 10.2. The Kier molecular flexibility index (Phi) is 7.15. The zero-order valence-corrected chi connectivity index (χ0v) is 14.1. The standard InChI is InChI=1S/C13H15N5OS.2ClH/c14-6-9(8-2-3-8)18-12(19)10-7-17-13(20-10)11-15-4-1-5-16-11;;/h1,4-5,7-9H,2-3,6,14H2,(H,18,19);2*1H. The average molecular weight is 362 g/mol. The molecular weight excluding hydrogens is 345 g/mol. The molecule has 1 aliphatic carbocycles. The molecule has 3 N–H and O–H groups in total. The Balaban J connectivity index is 0.00000121. The summed E-state index contributed by atoms with van der Waals surface area (Å²) < 4.78 is 0. The highest BCUT2D eigenvalue weighted by atomic mass is 35.5. The molecule has 1 atom stereocenters. The Hall–Kier alpha value is -1.28. The SMILES string of the molecule is Cl.Cl.NCC(NC(=O)c1cnc(-c2ncccn2)s1)C1CC1. The van der Waals surface area contributed by atoms with Gasteiger partial charge >= 0.3 is 0 Å². The van der Waals surface area contributed by atoms with Crippen LogP contribution in [-0.2, 0) is 0 Å². The molecule has 120 valence electrons. The third-order valence-electron chi connectivity index (χ3n) is 3.25. The first kappa shape index (κ1) is 18.8. The highest BCUT2D eigenvalue weighted by molar-refractivity contribution is 7.16. The number of halogens is 2. The van der Waals surface area contributed by atoms with Crippen LogP contribution in [0.2, 0.25) is 0 Å². The summed E-state index contributed by atoms with van der Waals surface area (Å²) in [6.07, 6.45) is 7.16. The van der Waals surface area contributed by atoms with Crippen molar-refractivity contribution in [1.82, 2.24) is 20.3 Å². The largest absolute Gasteiger partial charge is 0.347 e. The molecule has 22 heavy (non-hydrogen) atoms. The maximum absolute atomic E-state index is 12.2. The van der Waals surface area contributed by atoms with E-state index in [2.05, 4.69) is 20.3 Å². The van der Waals surface area contributed by atoms with Crippen LogP contribution in [0.15, 0.2) is 24.7 Å². The molecule has 1 saturated carbocycles. The Morgan fingerprint density at radius 3 is 2.59 bits per heavy atom. The second kappa shape index (κ2) is 8.38. The summed E-state index contributed by atoms with van der Waals surface area (Å²) in [7, 11) is 0. The first-order chi connectivity index (χ1) is 9.78. The van der Waals surface area contributed by atoms with Crippen LogP contribution in [-0.4, -0.2) is 33.4 Å². The number of nitrogens with two attached hydrogens (primary N) is 1. The van der Waals surface area contributed by atoms with Gasteiger partial charge in [-0.2, -0.15) is 0 Å². The van der Waals surface area contributed by atoms with Crippen LogP contribution in [0.1, 0.15) is 22.5 Å². The molecule has 0 radical (unpaired) electrons. The zero-order chi connectivity index (χ0) is 13.9. The number of hydrogen-bond acceptors (Lipinski definition) is 6. The van der Waals surface area contributed by atoms with Crippen LogP contribution in [0.25, 0.3) is 10.8 Å². The van der Waals surface area contributed by atoms with Crippen molar-refractivity contribution in [3.63, 3.8) is 0 Å². The molecule has 2 aromatic heterocycles. The van der Waals surface area contributed by atoms with E-state index in [0.717, 1.165) is 12.8 Å². The van der Waals surface area contributed by atoms with Crippen LogP contribution in [0.3, 0.4) is 0 Å². The Morgan fingerprint density at radius 1 is 1.32 bits per heavy atom. The van der Waals surface area contributed by atoms with E-state index in [0.29, 0.717) is 28.2 Å². The highest BCUT2D eigenvalue weighted by Gasteiger charge is 2.31. The summed E-state index contributed by atoms with van der Waals surface area (Å²) in [5, 5.41) is 3.62. The fourth-order valence-corrected chi connectivity index (χ4v) is 2.77. The summed E-state index contributed by atoms with van der Waals surface area (Å²) >= 11 is 1.29. The normalized spacial score (nSPS) is 14.4. The molecule has 0 spiro atoms. The van der Waals surface area contributed by atoms with E-state index in [1.165, 1.54) is 11.3 Å².